The van der Waals surface area contributed by atoms with Crippen LogP contribution in [0.1, 0.15) is 43.5 Å². The van der Waals surface area contributed by atoms with Gasteiger partial charge in [-0.1, -0.05) is 6.07 Å². The van der Waals surface area contributed by atoms with Gasteiger partial charge in [0.2, 0.25) is 5.91 Å². The molecule has 0 saturated carbocycles. The van der Waals surface area contributed by atoms with Gasteiger partial charge < -0.3 is 9.64 Å². The molecule has 4 rings (SSSR count). The van der Waals surface area contributed by atoms with Gasteiger partial charge in [0.05, 0.1) is 5.92 Å². The minimum Gasteiger partial charge on any atom is -0.492 e. The number of carbonyl (C=O) groups is 1. The van der Waals surface area contributed by atoms with Crippen molar-refractivity contribution >= 4 is 5.91 Å². The fourth-order valence-corrected chi connectivity index (χ4v) is 4.80. The van der Waals surface area contributed by atoms with E-state index in [1.54, 1.807) is 6.20 Å². The number of H-pyrrole nitrogens is 1. The van der Waals surface area contributed by atoms with Crippen molar-refractivity contribution in [1.29, 1.82) is 0 Å². The number of piperidine rings is 1. The van der Waals surface area contributed by atoms with E-state index < -0.39 is 0 Å². The van der Waals surface area contributed by atoms with Crippen LogP contribution in [-0.4, -0.2) is 70.1 Å². The smallest absolute Gasteiger partial charge is 0.226 e. The number of nitrogens with zero attached hydrogens (tertiary/aromatic N) is 4. The molecule has 0 aliphatic carbocycles. The minimum atomic E-state index is 0.128. The summed E-state index contributed by atoms with van der Waals surface area (Å²) in [6.45, 7) is 11.8. The highest BCUT2D eigenvalue weighted by Gasteiger charge is 2.28. The number of hydrogen-bond acceptors (Lipinski definition) is 5. The zero-order valence-electron chi connectivity index (χ0n) is 18.8. The maximum Gasteiger partial charge on any atom is 0.226 e. The van der Waals surface area contributed by atoms with Crippen LogP contribution in [0.3, 0.4) is 0 Å². The minimum absolute atomic E-state index is 0.128. The number of amides is 1. The number of benzene rings is 1. The zero-order valence-corrected chi connectivity index (χ0v) is 18.8. The van der Waals surface area contributed by atoms with Crippen molar-refractivity contribution < 1.29 is 9.53 Å². The number of likely N-dealkylation sites (tertiary alicyclic amines) is 1. The molecule has 1 N–H and O–H groups in total. The fourth-order valence-electron chi connectivity index (χ4n) is 4.80. The standard InChI is InChI=1S/C24H35N5O2/c1-3-29(4-2)24(30)20-6-5-11-27(16-20)15-19-7-8-23-21(14-19)17-28(12-13-31-23)18-22-9-10-25-26-22/h7-10,14,20H,3-6,11-13,15-18H2,1-2H3,(H,25,26)/t20-/m1/s1. The molecule has 1 aromatic heterocycles. The van der Waals surface area contributed by atoms with Crippen molar-refractivity contribution in [2.45, 2.75) is 46.3 Å². The first-order valence-corrected chi connectivity index (χ1v) is 11.6. The number of aromatic amines is 1. The summed E-state index contributed by atoms with van der Waals surface area (Å²) in [6, 6.07) is 8.61. The number of carbonyl (C=O) groups excluding carboxylic acids is 1. The van der Waals surface area contributed by atoms with Gasteiger partial charge in [-0.25, -0.2) is 0 Å². The lowest BCUT2D eigenvalue weighted by Crippen LogP contribution is -2.44. The van der Waals surface area contributed by atoms with Crippen molar-refractivity contribution in [1.82, 2.24) is 24.9 Å². The molecule has 3 heterocycles. The molecule has 1 saturated heterocycles. The average molecular weight is 426 g/mol. The van der Waals surface area contributed by atoms with Gasteiger partial charge in [-0.3, -0.25) is 19.7 Å². The lowest BCUT2D eigenvalue weighted by atomic mass is 9.95. The highest BCUT2D eigenvalue weighted by atomic mass is 16.5. The number of fused-ring (bicyclic) bond motifs is 1. The van der Waals surface area contributed by atoms with Crippen LogP contribution >= 0.6 is 0 Å². The Morgan fingerprint density at radius 1 is 1.19 bits per heavy atom. The summed E-state index contributed by atoms with van der Waals surface area (Å²) in [5.74, 6) is 1.44. The molecule has 1 atom stereocenters. The molecule has 1 fully saturated rings. The Hall–Kier alpha value is -2.38. The van der Waals surface area contributed by atoms with E-state index in [1.165, 1.54) is 11.1 Å². The first kappa shape index (κ1) is 21.8. The molecule has 0 bridgehead atoms. The van der Waals surface area contributed by atoms with Gasteiger partial charge in [0.1, 0.15) is 12.4 Å². The summed E-state index contributed by atoms with van der Waals surface area (Å²) in [7, 11) is 0. The number of ether oxygens (including phenoxy) is 1. The Balaban J connectivity index is 1.40. The Labute approximate surface area is 185 Å². The van der Waals surface area contributed by atoms with Crippen molar-refractivity contribution in [3.8, 4) is 5.75 Å². The average Bonchev–Trinajstić information content (AvgIpc) is 3.21. The number of rotatable bonds is 7. The van der Waals surface area contributed by atoms with E-state index in [1.807, 2.05) is 11.0 Å². The SMILES string of the molecule is CCN(CC)C(=O)[C@@H]1CCCN(Cc2ccc3c(c2)CN(Cc2ccn[nH]2)CCO3)C1. The van der Waals surface area contributed by atoms with Crippen molar-refractivity contribution in [3.05, 3.63) is 47.3 Å². The normalized spacial score (nSPS) is 20.0. The lowest BCUT2D eigenvalue weighted by molar-refractivity contribution is -0.137. The molecular formula is C24H35N5O2. The van der Waals surface area contributed by atoms with Gasteiger partial charge in [-0.15, -0.1) is 0 Å². The molecule has 7 nitrogen and oxygen atoms in total. The van der Waals surface area contributed by atoms with Crippen molar-refractivity contribution in [3.63, 3.8) is 0 Å². The lowest BCUT2D eigenvalue weighted by Gasteiger charge is -2.34. The van der Waals surface area contributed by atoms with Gasteiger partial charge >= 0.3 is 0 Å². The molecule has 2 aromatic rings. The van der Waals surface area contributed by atoms with Crippen LogP contribution in [0.2, 0.25) is 0 Å². The highest BCUT2D eigenvalue weighted by molar-refractivity contribution is 5.79. The van der Waals surface area contributed by atoms with Crippen molar-refractivity contribution in [2.75, 3.05) is 39.3 Å². The van der Waals surface area contributed by atoms with E-state index in [4.69, 9.17) is 4.74 Å². The number of aromatic nitrogens is 2. The van der Waals surface area contributed by atoms with E-state index in [-0.39, 0.29) is 5.92 Å². The largest absolute Gasteiger partial charge is 0.492 e. The van der Waals surface area contributed by atoms with Gasteiger partial charge in [0.25, 0.3) is 0 Å². The van der Waals surface area contributed by atoms with Gasteiger partial charge in [0, 0.05) is 63.3 Å². The Morgan fingerprint density at radius 3 is 2.84 bits per heavy atom. The summed E-state index contributed by atoms with van der Waals surface area (Å²) in [5, 5.41) is 7.11. The quantitative estimate of drug-likeness (QED) is 0.739. The second kappa shape index (κ2) is 10.3. The molecular weight excluding hydrogens is 390 g/mol. The molecule has 168 valence electrons. The predicted octanol–water partition coefficient (Wildman–Crippen LogP) is 2.88. The van der Waals surface area contributed by atoms with E-state index in [2.05, 4.69) is 52.0 Å². The van der Waals surface area contributed by atoms with E-state index in [0.29, 0.717) is 12.5 Å². The van der Waals surface area contributed by atoms with Crippen LogP contribution in [0.5, 0.6) is 5.75 Å². The van der Waals surface area contributed by atoms with Crippen LogP contribution in [0.25, 0.3) is 0 Å². The second-order valence-electron chi connectivity index (χ2n) is 8.67. The van der Waals surface area contributed by atoms with Crippen LogP contribution < -0.4 is 4.74 Å². The summed E-state index contributed by atoms with van der Waals surface area (Å²) in [5.41, 5.74) is 3.65. The first-order valence-electron chi connectivity index (χ1n) is 11.6. The Bertz CT molecular complexity index is 850. The molecule has 2 aliphatic rings. The third-order valence-electron chi connectivity index (χ3n) is 6.47. The molecule has 7 heteroatoms. The van der Waals surface area contributed by atoms with E-state index in [0.717, 1.165) is 76.6 Å². The highest BCUT2D eigenvalue weighted by Crippen LogP contribution is 2.27. The summed E-state index contributed by atoms with van der Waals surface area (Å²) in [4.78, 5) is 19.6. The first-order chi connectivity index (χ1) is 15.2. The molecule has 0 radical (unpaired) electrons. The third kappa shape index (κ3) is 5.46. The fraction of sp³-hybridized carbons (Fsp3) is 0.583. The maximum atomic E-state index is 12.8. The van der Waals surface area contributed by atoms with E-state index >= 15 is 0 Å². The van der Waals surface area contributed by atoms with Crippen LogP contribution in [-0.2, 0) is 24.4 Å². The summed E-state index contributed by atoms with van der Waals surface area (Å²) >= 11 is 0. The van der Waals surface area contributed by atoms with Crippen LogP contribution in [0.4, 0.5) is 0 Å². The maximum absolute atomic E-state index is 12.8. The summed E-state index contributed by atoms with van der Waals surface area (Å²) in [6.07, 6.45) is 3.89. The predicted molar refractivity (Wildman–Crippen MR) is 121 cm³/mol. The second-order valence-corrected chi connectivity index (χ2v) is 8.67. The molecule has 1 aromatic carbocycles. The van der Waals surface area contributed by atoms with Crippen LogP contribution in [0, 0.1) is 5.92 Å². The zero-order chi connectivity index (χ0) is 21.6. The molecule has 1 amide bonds. The third-order valence-corrected chi connectivity index (χ3v) is 6.47. The summed E-state index contributed by atoms with van der Waals surface area (Å²) < 4.78 is 6.01. The van der Waals surface area contributed by atoms with Crippen molar-refractivity contribution in [2.24, 2.45) is 5.92 Å². The Kier molecular flexibility index (Phi) is 7.25. The molecule has 31 heavy (non-hydrogen) atoms. The number of nitrogens with one attached hydrogen (secondary N) is 1. The molecule has 0 unspecified atom stereocenters. The van der Waals surface area contributed by atoms with E-state index in [9.17, 15) is 4.79 Å². The monoisotopic (exact) mass is 425 g/mol. The van der Waals surface area contributed by atoms with Gasteiger partial charge in [-0.05, 0) is 57.0 Å². The topological polar surface area (TPSA) is 64.7 Å². The Morgan fingerprint density at radius 2 is 2.06 bits per heavy atom. The van der Waals surface area contributed by atoms with Gasteiger partial charge in [0.15, 0.2) is 0 Å². The molecule has 2 aliphatic heterocycles. The number of hydrogen-bond donors (Lipinski definition) is 1. The van der Waals surface area contributed by atoms with Gasteiger partial charge in [-0.2, -0.15) is 5.10 Å². The molecule has 0 spiro atoms. The van der Waals surface area contributed by atoms with Crippen LogP contribution in [0.15, 0.2) is 30.5 Å².